The standard InChI is InChI=1S/C19H24N4O5S/c1-3-27-19(26)6-8-23(11-15-5-4-7-20-10-15)18(25)13-29-12-17(24)21-16-9-14(2)28-22-16/h4-5,7,9-10H,3,6,8,11-13H2,1-2H3,(H,21,22,24). The highest BCUT2D eigenvalue weighted by molar-refractivity contribution is 8.00. The van der Waals surface area contributed by atoms with E-state index in [-0.39, 0.29) is 42.3 Å². The van der Waals surface area contributed by atoms with Crippen LogP contribution in [-0.4, -0.2) is 57.5 Å². The molecule has 0 fully saturated rings. The first-order valence-corrected chi connectivity index (χ1v) is 10.3. The van der Waals surface area contributed by atoms with Crippen molar-refractivity contribution >= 4 is 35.4 Å². The third-order valence-electron chi connectivity index (χ3n) is 3.69. The van der Waals surface area contributed by atoms with E-state index < -0.39 is 0 Å². The van der Waals surface area contributed by atoms with Crippen molar-refractivity contribution in [3.8, 4) is 0 Å². The van der Waals surface area contributed by atoms with Crippen LogP contribution in [0.4, 0.5) is 5.82 Å². The molecule has 0 radical (unpaired) electrons. The van der Waals surface area contributed by atoms with Crippen LogP contribution < -0.4 is 5.32 Å². The fourth-order valence-corrected chi connectivity index (χ4v) is 3.11. The molecule has 2 rings (SSSR count). The molecule has 29 heavy (non-hydrogen) atoms. The van der Waals surface area contributed by atoms with Crippen molar-refractivity contribution in [1.29, 1.82) is 0 Å². The molecule has 9 nitrogen and oxygen atoms in total. The number of nitrogens with zero attached hydrogens (tertiary/aromatic N) is 3. The lowest BCUT2D eigenvalue weighted by molar-refractivity contribution is -0.144. The number of ether oxygens (including phenoxy) is 1. The number of hydrogen-bond donors (Lipinski definition) is 1. The topological polar surface area (TPSA) is 115 Å². The van der Waals surface area contributed by atoms with Crippen molar-refractivity contribution in [2.45, 2.75) is 26.8 Å². The van der Waals surface area contributed by atoms with Crippen LogP contribution in [0.15, 0.2) is 35.1 Å². The number of carbonyl (C=O) groups excluding carboxylic acids is 3. The first-order chi connectivity index (χ1) is 14.0. The average molecular weight is 420 g/mol. The summed E-state index contributed by atoms with van der Waals surface area (Å²) in [4.78, 5) is 41.9. The molecule has 0 spiro atoms. The fraction of sp³-hybridized carbons (Fsp3) is 0.421. The van der Waals surface area contributed by atoms with Gasteiger partial charge in [-0.15, -0.1) is 11.8 Å². The Hall–Kier alpha value is -2.88. The van der Waals surface area contributed by atoms with Crippen LogP contribution in [0, 0.1) is 6.92 Å². The first kappa shape index (κ1) is 22.4. The Morgan fingerprint density at radius 2 is 2.14 bits per heavy atom. The third kappa shape index (κ3) is 8.34. The molecule has 0 atom stereocenters. The Balaban J connectivity index is 1.84. The summed E-state index contributed by atoms with van der Waals surface area (Å²) in [5.74, 6) is 0.328. The maximum Gasteiger partial charge on any atom is 0.307 e. The molecule has 0 aromatic carbocycles. The second kappa shape index (κ2) is 11.8. The zero-order valence-corrected chi connectivity index (χ0v) is 17.2. The SMILES string of the molecule is CCOC(=O)CCN(Cc1cccnc1)C(=O)CSCC(=O)Nc1cc(C)on1. The summed E-state index contributed by atoms with van der Waals surface area (Å²) in [5, 5.41) is 6.29. The number of pyridine rings is 1. The number of thioether (sulfide) groups is 1. The molecular weight excluding hydrogens is 396 g/mol. The number of esters is 1. The lowest BCUT2D eigenvalue weighted by Crippen LogP contribution is -2.34. The van der Waals surface area contributed by atoms with E-state index >= 15 is 0 Å². The van der Waals surface area contributed by atoms with Gasteiger partial charge in [0, 0.05) is 31.5 Å². The van der Waals surface area contributed by atoms with Crippen LogP contribution in [0.1, 0.15) is 24.7 Å². The molecule has 10 heteroatoms. The number of aryl methyl sites for hydroxylation is 1. The van der Waals surface area contributed by atoms with Gasteiger partial charge in [0.2, 0.25) is 11.8 Å². The van der Waals surface area contributed by atoms with E-state index in [1.807, 2.05) is 6.07 Å². The lowest BCUT2D eigenvalue weighted by Gasteiger charge is -2.22. The molecule has 0 aliphatic carbocycles. The molecule has 0 unspecified atom stereocenters. The molecule has 2 aromatic rings. The molecule has 2 aromatic heterocycles. The molecule has 0 aliphatic rings. The van der Waals surface area contributed by atoms with Crippen LogP contribution in [0.2, 0.25) is 0 Å². The van der Waals surface area contributed by atoms with Gasteiger partial charge >= 0.3 is 5.97 Å². The van der Waals surface area contributed by atoms with E-state index in [0.717, 1.165) is 5.56 Å². The third-order valence-corrected chi connectivity index (χ3v) is 4.61. The first-order valence-electron chi connectivity index (χ1n) is 9.11. The monoisotopic (exact) mass is 420 g/mol. The molecule has 156 valence electrons. The fourth-order valence-electron chi connectivity index (χ4n) is 2.39. The summed E-state index contributed by atoms with van der Waals surface area (Å²) >= 11 is 1.19. The van der Waals surface area contributed by atoms with E-state index in [1.54, 1.807) is 43.3 Å². The van der Waals surface area contributed by atoms with E-state index in [0.29, 0.717) is 24.7 Å². The Morgan fingerprint density at radius 3 is 2.79 bits per heavy atom. The zero-order chi connectivity index (χ0) is 21.1. The van der Waals surface area contributed by atoms with Gasteiger partial charge in [0.25, 0.3) is 0 Å². The van der Waals surface area contributed by atoms with Gasteiger partial charge in [-0.3, -0.25) is 19.4 Å². The predicted molar refractivity (Wildman–Crippen MR) is 108 cm³/mol. The van der Waals surface area contributed by atoms with Gasteiger partial charge in [0.15, 0.2) is 5.82 Å². The molecule has 2 heterocycles. The van der Waals surface area contributed by atoms with Crippen LogP contribution in [0.25, 0.3) is 0 Å². The summed E-state index contributed by atoms with van der Waals surface area (Å²) < 4.78 is 9.82. The number of rotatable bonds is 11. The maximum atomic E-state index is 12.6. The number of aromatic nitrogens is 2. The summed E-state index contributed by atoms with van der Waals surface area (Å²) in [7, 11) is 0. The highest BCUT2D eigenvalue weighted by atomic mass is 32.2. The molecule has 0 bridgehead atoms. The summed E-state index contributed by atoms with van der Waals surface area (Å²) in [5.41, 5.74) is 0.855. The Bertz CT molecular complexity index is 812. The Labute approximate surface area is 173 Å². The van der Waals surface area contributed by atoms with Gasteiger partial charge in [-0.2, -0.15) is 0 Å². The highest BCUT2D eigenvalue weighted by Crippen LogP contribution is 2.11. The molecule has 0 aliphatic heterocycles. The molecule has 0 saturated heterocycles. The molecule has 0 saturated carbocycles. The summed E-state index contributed by atoms with van der Waals surface area (Å²) in [6.45, 7) is 4.32. The summed E-state index contributed by atoms with van der Waals surface area (Å²) in [6, 6.07) is 5.25. The Morgan fingerprint density at radius 1 is 1.31 bits per heavy atom. The van der Waals surface area contributed by atoms with Crippen molar-refractivity contribution in [2.24, 2.45) is 0 Å². The number of hydrogen-bond acceptors (Lipinski definition) is 8. The van der Waals surface area contributed by atoms with Crippen molar-refractivity contribution in [3.05, 3.63) is 41.9 Å². The van der Waals surface area contributed by atoms with Gasteiger partial charge in [-0.1, -0.05) is 11.2 Å². The molecular formula is C19H24N4O5S. The van der Waals surface area contributed by atoms with Crippen LogP contribution >= 0.6 is 11.8 Å². The molecule has 2 amide bonds. The van der Waals surface area contributed by atoms with E-state index in [9.17, 15) is 14.4 Å². The normalized spacial score (nSPS) is 10.4. The van der Waals surface area contributed by atoms with E-state index in [1.165, 1.54) is 11.8 Å². The van der Waals surface area contributed by atoms with Gasteiger partial charge in [-0.25, -0.2) is 0 Å². The van der Waals surface area contributed by atoms with Crippen LogP contribution in [0.5, 0.6) is 0 Å². The van der Waals surface area contributed by atoms with Crippen LogP contribution in [0.3, 0.4) is 0 Å². The number of nitrogens with one attached hydrogen (secondary N) is 1. The van der Waals surface area contributed by atoms with Crippen LogP contribution in [-0.2, 0) is 25.7 Å². The quantitative estimate of drug-likeness (QED) is 0.549. The number of carbonyl (C=O) groups is 3. The van der Waals surface area contributed by atoms with Crippen molar-refractivity contribution in [3.63, 3.8) is 0 Å². The number of amides is 2. The van der Waals surface area contributed by atoms with E-state index in [2.05, 4.69) is 15.5 Å². The smallest absolute Gasteiger partial charge is 0.307 e. The van der Waals surface area contributed by atoms with Gasteiger partial charge in [-0.05, 0) is 25.5 Å². The minimum Gasteiger partial charge on any atom is -0.466 e. The predicted octanol–water partition coefficient (Wildman–Crippen LogP) is 2.03. The molecule has 1 N–H and O–H groups in total. The second-order valence-electron chi connectivity index (χ2n) is 6.10. The van der Waals surface area contributed by atoms with Crippen molar-refractivity contribution < 1.29 is 23.6 Å². The minimum absolute atomic E-state index is 0.0935. The number of anilines is 1. The average Bonchev–Trinajstić information content (AvgIpc) is 3.10. The van der Waals surface area contributed by atoms with Gasteiger partial charge < -0.3 is 19.5 Å². The Kier molecular flexibility index (Phi) is 9.16. The maximum absolute atomic E-state index is 12.6. The lowest BCUT2D eigenvalue weighted by atomic mass is 10.2. The van der Waals surface area contributed by atoms with Gasteiger partial charge in [0.1, 0.15) is 5.76 Å². The van der Waals surface area contributed by atoms with Crippen molar-refractivity contribution in [2.75, 3.05) is 30.0 Å². The minimum atomic E-state index is -0.355. The highest BCUT2D eigenvalue weighted by Gasteiger charge is 2.17. The van der Waals surface area contributed by atoms with Gasteiger partial charge in [0.05, 0.1) is 24.5 Å². The summed E-state index contributed by atoms with van der Waals surface area (Å²) in [6.07, 6.45) is 3.43. The van der Waals surface area contributed by atoms with Crippen molar-refractivity contribution in [1.82, 2.24) is 15.0 Å². The second-order valence-corrected chi connectivity index (χ2v) is 7.08. The van der Waals surface area contributed by atoms with E-state index in [4.69, 9.17) is 9.26 Å². The largest absolute Gasteiger partial charge is 0.466 e. The zero-order valence-electron chi connectivity index (χ0n) is 16.4.